The molecule has 4 nitrogen and oxygen atoms in total. The lowest BCUT2D eigenvalue weighted by Crippen LogP contribution is -2.06. The molecular weight excluding hydrogens is 396 g/mol. The van der Waals surface area contributed by atoms with Crippen LogP contribution in [0, 0.1) is 45.9 Å². The first-order chi connectivity index (χ1) is 15.3. The van der Waals surface area contributed by atoms with Gasteiger partial charge >= 0.3 is 0 Å². The molecule has 4 aromatic rings. The third-order valence-corrected chi connectivity index (χ3v) is 6.97. The summed E-state index contributed by atoms with van der Waals surface area (Å²) in [4.78, 5) is 4.69. The van der Waals surface area contributed by atoms with Gasteiger partial charge in [-0.25, -0.2) is 0 Å². The molecule has 1 heterocycles. The number of aromatic nitrogens is 1. The van der Waals surface area contributed by atoms with E-state index in [2.05, 4.69) is 57.8 Å². The Kier molecular flexibility index (Phi) is 5.52. The normalized spacial score (nSPS) is 11.1. The van der Waals surface area contributed by atoms with Gasteiger partial charge in [0.25, 0.3) is 0 Å². The SMILES string of the molecule is COc1c(C)c(Cc2c(C#N)cnc3c(C)c(C)c(C)c(C)c23)c(OC)c2ccccc12. The smallest absolute Gasteiger partial charge is 0.130 e. The monoisotopic (exact) mass is 424 g/mol. The standard InChI is InChI=1S/C28H28N2O2/c1-15-16(2)18(4)26-25(17(15)3)24(20(13-29)14-30-26)12-23-19(5)27(31-6)21-10-8-9-11-22(21)28(23)32-7/h8-11,14H,12H2,1-7H3. The zero-order chi connectivity index (χ0) is 23.2. The van der Waals surface area contributed by atoms with Crippen LogP contribution in [0.4, 0.5) is 0 Å². The summed E-state index contributed by atoms with van der Waals surface area (Å²) >= 11 is 0. The Hall–Kier alpha value is -3.58. The molecule has 0 N–H and O–H groups in total. The van der Waals surface area contributed by atoms with Crippen molar-refractivity contribution in [2.45, 2.75) is 41.0 Å². The highest BCUT2D eigenvalue weighted by molar-refractivity contribution is 5.97. The number of rotatable bonds is 4. The Morgan fingerprint density at radius 3 is 1.97 bits per heavy atom. The first kappa shape index (κ1) is 21.6. The van der Waals surface area contributed by atoms with Gasteiger partial charge in [0.1, 0.15) is 17.6 Å². The highest BCUT2D eigenvalue weighted by Crippen LogP contribution is 2.42. The molecule has 0 amide bonds. The van der Waals surface area contributed by atoms with Gasteiger partial charge < -0.3 is 9.47 Å². The number of methoxy groups -OCH3 is 2. The van der Waals surface area contributed by atoms with Crippen molar-refractivity contribution in [2.75, 3.05) is 14.2 Å². The van der Waals surface area contributed by atoms with Crippen LogP contribution in [0.3, 0.4) is 0 Å². The number of fused-ring (bicyclic) bond motifs is 2. The second-order valence-electron chi connectivity index (χ2n) is 8.38. The van der Waals surface area contributed by atoms with Crippen molar-refractivity contribution < 1.29 is 9.47 Å². The molecule has 1 aromatic heterocycles. The van der Waals surface area contributed by atoms with Crippen molar-refractivity contribution in [2.24, 2.45) is 0 Å². The molecule has 0 bridgehead atoms. The van der Waals surface area contributed by atoms with E-state index in [4.69, 9.17) is 9.47 Å². The van der Waals surface area contributed by atoms with Crippen molar-refractivity contribution in [3.05, 3.63) is 75.0 Å². The lowest BCUT2D eigenvalue weighted by molar-refractivity contribution is 0.404. The molecule has 0 aliphatic heterocycles. The van der Waals surface area contributed by atoms with Gasteiger partial charge in [0.05, 0.1) is 25.3 Å². The van der Waals surface area contributed by atoms with E-state index in [0.717, 1.165) is 55.4 Å². The molecule has 3 aromatic carbocycles. The first-order valence-corrected chi connectivity index (χ1v) is 10.8. The first-order valence-electron chi connectivity index (χ1n) is 10.8. The van der Waals surface area contributed by atoms with Gasteiger partial charge in [-0.1, -0.05) is 24.3 Å². The number of nitriles is 1. The summed E-state index contributed by atoms with van der Waals surface area (Å²) in [6, 6.07) is 10.5. The summed E-state index contributed by atoms with van der Waals surface area (Å²) in [6.07, 6.45) is 2.26. The third kappa shape index (κ3) is 3.08. The third-order valence-electron chi connectivity index (χ3n) is 6.97. The van der Waals surface area contributed by atoms with Gasteiger partial charge in [-0.3, -0.25) is 4.98 Å². The van der Waals surface area contributed by atoms with Gasteiger partial charge in [0.15, 0.2) is 0 Å². The number of hydrogen-bond donors (Lipinski definition) is 0. The summed E-state index contributed by atoms with van der Waals surface area (Å²) in [6.45, 7) is 10.6. The average molecular weight is 425 g/mol. The van der Waals surface area contributed by atoms with Crippen LogP contribution in [-0.4, -0.2) is 19.2 Å². The van der Waals surface area contributed by atoms with Crippen LogP contribution in [-0.2, 0) is 6.42 Å². The van der Waals surface area contributed by atoms with E-state index in [9.17, 15) is 5.26 Å². The molecule has 0 aliphatic rings. The van der Waals surface area contributed by atoms with Crippen molar-refractivity contribution in [3.63, 3.8) is 0 Å². The van der Waals surface area contributed by atoms with Crippen LogP contribution in [0.1, 0.15) is 44.5 Å². The zero-order valence-electron chi connectivity index (χ0n) is 19.8. The van der Waals surface area contributed by atoms with E-state index in [1.807, 2.05) is 12.1 Å². The molecule has 0 radical (unpaired) electrons. The number of hydrogen-bond acceptors (Lipinski definition) is 4. The van der Waals surface area contributed by atoms with Gasteiger partial charge in [-0.2, -0.15) is 5.26 Å². The minimum Gasteiger partial charge on any atom is -0.496 e. The van der Waals surface area contributed by atoms with Crippen molar-refractivity contribution in [3.8, 4) is 17.6 Å². The second kappa shape index (κ2) is 8.16. The summed E-state index contributed by atoms with van der Waals surface area (Å²) < 4.78 is 11.8. The minimum atomic E-state index is 0.556. The van der Waals surface area contributed by atoms with Gasteiger partial charge in [0, 0.05) is 34.3 Å². The van der Waals surface area contributed by atoms with Crippen molar-refractivity contribution in [1.82, 2.24) is 4.98 Å². The Bertz CT molecular complexity index is 1430. The van der Waals surface area contributed by atoms with E-state index < -0.39 is 0 Å². The molecule has 4 rings (SSSR count). The summed E-state index contributed by atoms with van der Waals surface area (Å²) in [5.41, 5.74) is 9.42. The predicted octanol–water partition coefficient (Wildman–Crippen LogP) is 6.41. The molecule has 162 valence electrons. The Morgan fingerprint density at radius 2 is 1.38 bits per heavy atom. The highest BCUT2D eigenvalue weighted by atomic mass is 16.5. The Balaban J connectivity index is 2.11. The molecule has 0 spiro atoms. The molecular formula is C28H28N2O2. The topological polar surface area (TPSA) is 55.1 Å². The van der Waals surface area contributed by atoms with E-state index >= 15 is 0 Å². The quantitative estimate of drug-likeness (QED) is 0.380. The van der Waals surface area contributed by atoms with Crippen LogP contribution < -0.4 is 9.47 Å². The molecule has 0 fully saturated rings. The van der Waals surface area contributed by atoms with Crippen molar-refractivity contribution >= 4 is 21.7 Å². The maximum Gasteiger partial charge on any atom is 0.130 e. The number of nitrogens with zero attached hydrogens (tertiary/aromatic N) is 2. The fourth-order valence-corrected chi connectivity index (χ4v) is 4.88. The molecule has 0 aliphatic carbocycles. The van der Waals surface area contributed by atoms with E-state index in [0.29, 0.717) is 12.0 Å². The molecule has 0 saturated carbocycles. The summed E-state index contributed by atoms with van der Waals surface area (Å²) in [5, 5.41) is 13.1. The predicted molar refractivity (Wildman–Crippen MR) is 130 cm³/mol. The fraction of sp³-hybridized carbons (Fsp3) is 0.286. The maximum atomic E-state index is 9.96. The zero-order valence-corrected chi connectivity index (χ0v) is 19.8. The van der Waals surface area contributed by atoms with E-state index in [1.54, 1.807) is 20.4 Å². The van der Waals surface area contributed by atoms with E-state index in [-0.39, 0.29) is 0 Å². The van der Waals surface area contributed by atoms with Crippen molar-refractivity contribution in [1.29, 1.82) is 5.26 Å². The number of aryl methyl sites for hydroxylation is 2. The molecule has 4 heteroatoms. The molecule has 32 heavy (non-hydrogen) atoms. The van der Waals surface area contributed by atoms with Gasteiger partial charge in [-0.15, -0.1) is 0 Å². The van der Waals surface area contributed by atoms with Crippen LogP contribution in [0.15, 0.2) is 30.5 Å². The number of pyridine rings is 1. The second-order valence-corrected chi connectivity index (χ2v) is 8.38. The highest BCUT2D eigenvalue weighted by Gasteiger charge is 2.22. The number of ether oxygens (including phenoxy) is 2. The fourth-order valence-electron chi connectivity index (χ4n) is 4.88. The maximum absolute atomic E-state index is 9.96. The average Bonchev–Trinajstić information content (AvgIpc) is 2.81. The van der Waals surface area contributed by atoms with Crippen LogP contribution in [0.25, 0.3) is 21.7 Å². The Morgan fingerprint density at radius 1 is 0.781 bits per heavy atom. The number of benzene rings is 3. The summed E-state index contributed by atoms with van der Waals surface area (Å²) in [5.74, 6) is 1.67. The molecule has 0 atom stereocenters. The summed E-state index contributed by atoms with van der Waals surface area (Å²) in [7, 11) is 3.41. The van der Waals surface area contributed by atoms with Crippen LogP contribution in [0.2, 0.25) is 0 Å². The van der Waals surface area contributed by atoms with Crippen LogP contribution >= 0.6 is 0 Å². The lowest BCUT2D eigenvalue weighted by Gasteiger charge is -2.21. The molecule has 0 unspecified atom stereocenters. The van der Waals surface area contributed by atoms with E-state index in [1.165, 1.54) is 16.7 Å². The van der Waals surface area contributed by atoms with Gasteiger partial charge in [0.2, 0.25) is 0 Å². The minimum absolute atomic E-state index is 0.556. The molecule has 0 saturated heterocycles. The van der Waals surface area contributed by atoms with Crippen LogP contribution in [0.5, 0.6) is 11.5 Å². The largest absolute Gasteiger partial charge is 0.496 e. The Labute approximate surface area is 189 Å². The lowest BCUT2D eigenvalue weighted by atomic mass is 9.87. The van der Waals surface area contributed by atoms with Gasteiger partial charge in [-0.05, 0) is 68.0 Å².